The minimum absolute atomic E-state index is 0.834. The first-order chi connectivity index (χ1) is 8.15. The SMILES string of the molecule is Cc1cc(NCCc2ccn(C)n2)ccc1N. The Hall–Kier alpha value is -1.97. The summed E-state index contributed by atoms with van der Waals surface area (Å²) >= 11 is 0. The molecule has 0 atom stereocenters. The summed E-state index contributed by atoms with van der Waals surface area (Å²) in [6, 6.07) is 8.03. The lowest BCUT2D eigenvalue weighted by atomic mass is 10.2. The lowest BCUT2D eigenvalue weighted by molar-refractivity contribution is 0.742. The van der Waals surface area contributed by atoms with Crippen LogP contribution in [0.1, 0.15) is 11.3 Å². The summed E-state index contributed by atoms with van der Waals surface area (Å²) in [5.41, 5.74) is 9.92. The standard InChI is InChI=1S/C13H18N4/c1-10-9-12(3-4-13(10)14)15-7-5-11-6-8-17(2)16-11/h3-4,6,8-9,15H,5,7,14H2,1-2H3. The molecular weight excluding hydrogens is 212 g/mol. The number of rotatable bonds is 4. The summed E-state index contributed by atoms with van der Waals surface area (Å²) in [4.78, 5) is 0. The minimum atomic E-state index is 0.834. The zero-order valence-corrected chi connectivity index (χ0v) is 10.3. The van der Waals surface area contributed by atoms with Crippen LogP contribution in [-0.4, -0.2) is 16.3 Å². The molecule has 17 heavy (non-hydrogen) atoms. The largest absolute Gasteiger partial charge is 0.399 e. The predicted octanol–water partition coefficient (Wildman–Crippen LogP) is 1.97. The van der Waals surface area contributed by atoms with Crippen LogP contribution in [-0.2, 0) is 13.5 Å². The van der Waals surface area contributed by atoms with E-state index in [2.05, 4.69) is 16.5 Å². The number of hydrogen-bond acceptors (Lipinski definition) is 3. The van der Waals surface area contributed by atoms with Crippen molar-refractivity contribution in [2.24, 2.45) is 7.05 Å². The Kier molecular flexibility index (Phi) is 3.32. The van der Waals surface area contributed by atoms with Crippen LogP contribution < -0.4 is 11.1 Å². The highest BCUT2D eigenvalue weighted by Crippen LogP contribution is 2.16. The first-order valence-electron chi connectivity index (χ1n) is 5.73. The molecule has 0 amide bonds. The van der Waals surface area contributed by atoms with Crippen molar-refractivity contribution in [3.8, 4) is 0 Å². The maximum Gasteiger partial charge on any atom is 0.0642 e. The molecule has 0 unspecified atom stereocenters. The molecular formula is C13H18N4. The summed E-state index contributed by atoms with van der Waals surface area (Å²) in [5, 5.41) is 7.70. The van der Waals surface area contributed by atoms with Crippen molar-refractivity contribution in [2.45, 2.75) is 13.3 Å². The summed E-state index contributed by atoms with van der Waals surface area (Å²) < 4.78 is 1.82. The van der Waals surface area contributed by atoms with E-state index >= 15 is 0 Å². The lowest BCUT2D eigenvalue weighted by Gasteiger charge is -2.07. The second kappa shape index (κ2) is 4.91. The number of aromatic nitrogens is 2. The number of nitrogens with one attached hydrogen (secondary N) is 1. The Morgan fingerprint density at radius 1 is 1.35 bits per heavy atom. The normalized spacial score (nSPS) is 10.5. The molecule has 0 fully saturated rings. The van der Waals surface area contributed by atoms with Crippen LogP contribution in [0.2, 0.25) is 0 Å². The predicted molar refractivity (Wildman–Crippen MR) is 71.0 cm³/mol. The van der Waals surface area contributed by atoms with E-state index in [4.69, 9.17) is 5.73 Å². The van der Waals surface area contributed by atoms with E-state index in [0.29, 0.717) is 0 Å². The fourth-order valence-electron chi connectivity index (χ4n) is 1.72. The van der Waals surface area contributed by atoms with Crippen LogP contribution in [0.4, 0.5) is 11.4 Å². The number of nitrogens with two attached hydrogens (primary N) is 1. The second-order valence-corrected chi connectivity index (χ2v) is 4.23. The molecule has 0 spiro atoms. The van der Waals surface area contributed by atoms with Crippen LogP contribution in [0.5, 0.6) is 0 Å². The molecule has 90 valence electrons. The molecule has 4 heteroatoms. The molecule has 0 aliphatic heterocycles. The van der Waals surface area contributed by atoms with Crippen molar-refractivity contribution >= 4 is 11.4 Å². The van der Waals surface area contributed by atoms with Crippen LogP contribution in [0.25, 0.3) is 0 Å². The van der Waals surface area contributed by atoms with Crippen LogP contribution in [0, 0.1) is 6.92 Å². The van der Waals surface area contributed by atoms with Crippen molar-refractivity contribution < 1.29 is 0 Å². The number of anilines is 2. The molecule has 0 saturated heterocycles. The van der Waals surface area contributed by atoms with Crippen molar-refractivity contribution in [1.29, 1.82) is 0 Å². The van der Waals surface area contributed by atoms with Gasteiger partial charge in [-0.05, 0) is 36.8 Å². The average molecular weight is 230 g/mol. The number of hydrogen-bond donors (Lipinski definition) is 2. The molecule has 2 rings (SSSR count). The van der Waals surface area contributed by atoms with Crippen molar-refractivity contribution in [2.75, 3.05) is 17.6 Å². The van der Waals surface area contributed by atoms with Gasteiger partial charge in [-0.3, -0.25) is 4.68 Å². The molecule has 1 aromatic heterocycles. The van der Waals surface area contributed by atoms with Gasteiger partial charge in [-0.25, -0.2) is 0 Å². The quantitative estimate of drug-likeness (QED) is 0.789. The first-order valence-corrected chi connectivity index (χ1v) is 5.73. The monoisotopic (exact) mass is 230 g/mol. The average Bonchev–Trinajstić information content (AvgIpc) is 2.70. The van der Waals surface area contributed by atoms with E-state index in [1.165, 1.54) is 0 Å². The van der Waals surface area contributed by atoms with Gasteiger partial charge in [0.15, 0.2) is 0 Å². The number of benzene rings is 1. The zero-order valence-electron chi connectivity index (χ0n) is 10.3. The van der Waals surface area contributed by atoms with E-state index < -0.39 is 0 Å². The van der Waals surface area contributed by atoms with Crippen molar-refractivity contribution in [3.63, 3.8) is 0 Å². The summed E-state index contributed by atoms with van der Waals surface area (Å²) in [5.74, 6) is 0. The van der Waals surface area contributed by atoms with E-state index in [1.807, 2.05) is 43.0 Å². The van der Waals surface area contributed by atoms with Gasteiger partial charge in [-0.2, -0.15) is 5.10 Å². The van der Waals surface area contributed by atoms with Crippen LogP contribution in [0.15, 0.2) is 30.5 Å². The molecule has 1 aromatic carbocycles. The van der Waals surface area contributed by atoms with Gasteiger partial charge < -0.3 is 11.1 Å². The topological polar surface area (TPSA) is 55.9 Å². The molecule has 0 aliphatic carbocycles. The fourth-order valence-corrected chi connectivity index (χ4v) is 1.72. The van der Waals surface area contributed by atoms with Crippen LogP contribution in [0.3, 0.4) is 0 Å². The van der Waals surface area contributed by atoms with E-state index in [9.17, 15) is 0 Å². The van der Waals surface area contributed by atoms with Gasteiger partial charge in [0.25, 0.3) is 0 Å². The molecule has 0 bridgehead atoms. The maximum atomic E-state index is 5.77. The van der Waals surface area contributed by atoms with Crippen molar-refractivity contribution in [1.82, 2.24) is 9.78 Å². The van der Waals surface area contributed by atoms with Gasteiger partial charge >= 0.3 is 0 Å². The summed E-state index contributed by atoms with van der Waals surface area (Å²) in [6.07, 6.45) is 2.88. The Morgan fingerprint density at radius 3 is 2.82 bits per heavy atom. The van der Waals surface area contributed by atoms with E-state index in [-0.39, 0.29) is 0 Å². The Balaban J connectivity index is 1.87. The third kappa shape index (κ3) is 3.00. The molecule has 4 nitrogen and oxygen atoms in total. The third-order valence-corrected chi connectivity index (χ3v) is 2.75. The van der Waals surface area contributed by atoms with Gasteiger partial charge in [-0.15, -0.1) is 0 Å². The highest BCUT2D eigenvalue weighted by atomic mass is 15.2. The smallest absolute Gasteiger partial charge is 0.0642 e. The number of nitrogens with zero attached hydrogens (tertiary/aromatic N) is 2. The van der Waals surface area contributed by atoms with Crippen molar-refractivity contribution in [3.05, 3.63) is 41.7 Å². The van der Waals surface area contributed by atoms with Gasteiger partial charge in [0.05, 0.1) is 5.69 Å². The zero-order chi connectivity index (χ0) is 12.3. The molecule has 0 saturated carbocycles. The molecule has 0 aliphatic rings. The van der Waals surface area contributed by atoms with Gasteiger partial charge in [0.1, 0.15) is 0 Å². The second-order valence-electron chi connectivity index (χ2n) is 4.23. The Morgan fingerprint density at radius 2 is 2.18 bits per heavy atom. The molecule has 1 heterocycles. The lowest BCUT2D eigenvalue weighted by Crippen LogP contribution is -2.06. The van der Waals surface area contributed by atoms with Gasteiger partial charge in [0.2, 0.25) is 0 Å². The fraction of sp³-hybridized carbons (Fsp3) is 0.308. The van der Waals surface area contributed by atoms with E-state index in [1.54, 1.807) is 0 Å². The van der Waals surface area contributed by atoms with Gasteiger partial charge in [0, 0.05) is 37.6 Å². The highest BCUT2D eigenvalue weighted by Gasteiger charge is 1.98. The molecule has 3 N–H and O–H groups in total. The van der Waals surface area contributed by atoms with Gasteiger partial charge in [-0.1, -0.05) is 0 Å². The minimum Gasteiger partial charge on any atom is -0.399 e. The molecule has 0 radical (unpaired) electrons. The Labute approximate surface area is 101 Å². The number of aryl methyl sites for hydroxylation is 2. The summed E-state index contributed by atoms with van der Waals surface area (Å²) in [6.45, 7) is 2.89. The number of nitrogen functional groups attached to an aromatic ring is 1. The molecule has 2 aromatic rings. The van der Waals surface area contributed by atoms with E-state index in [0.717, 1.165) is 35.6 Å². The Bertz CT molecular complexity index is 502. The summed E-state index contributed by atoms with van der Waals surface area (Å²) in [7, 11) is 1.93. The first kappa shape index (κ1) is 11.5. The maximum absolute atomic E-state index is 5.77. The third-order valence-electron chi connectivity index (χ3n) is 2.75. The van der Waals surface area contributed by atoms with Crippen LogP contribution >= 0.6 is 0 Å². The highest BCUT2D eigenvalue weighted by molar-refractivity contribution is 5.56.